The van der Waals surface area contributed by atoms with E-state index in [0.717, 1.165) is 18.2 Å². The summed E-state index contributed by atoms with van der Waals surface area (Å²) in [5.74, 6) is -2.68. The molecule has 0 radical (unpaired) electrons. The second-order valence-corrected chi connectivity index (χ2v) is 8.50. The topological polar surface area (TPSA) is 80.3 Å². The molecule has 0 aliphatic heterocycles. The summed E-state index contributed by atoms with van der Waals surface area (Å²) in [5, 5.41) is -1.25. The predicted octanol–water partition coefficient (Wildman–Crippen LogP) is 1.13. The normalized spacial score (nSPS) is 12.8. The van der Waals surface area contributed by atoms with Crippen LogP contribution in [0.1, 0.15) is 0 Å². The van der Waals surface area contributed by atoms with Gasteiger partial charge < -0.3 is 0 Å². The predicted molar refractivity (Wildman–Crippen MR) is 71.3 cm³/mol. The van der Waals surface area contributed by atoms with Crippen molar-refractivity contribution >= 4 is 50.7 Å². The second-order valence-electron chi connectivity index (χ2n) is 3.46. The molecule has 0 aliphatic carbocycles. The van der Waals surface area contributed by atoms with E-state index in [4.69, 9.17) is 0 Å². The summed E-state index contributed by atoms with van der Waals surface area (Å²) in [6, 6.07) is 2.78. The average molecular weight is 379 g/mol. The van der Waals surface area contributed by atoms with Gasteiger partial charge in [-0.25, -0.2) is 25.6 Å². The minimum absolute atomic E-state index is 0. The summed E-state index contributed by atoms with van der Waals surface area (Å²) in [7, 11) is -11.0. The fraction of sp³-hybridized carbons (Fsp3) is 0.250. The molecule has 0 heterocycles. The third kappa shape index (κ3) is 5.71. The average Bonchev–Trinajstić information content (AvgIpc) is 2.28. The summed E-state index contributed by atoms with van der Waals surface area (Å²) in [5.41, 5.74) is -5.81. The number of nitrogens with one attached hydrogen (secondary N) is 1. The first-order valence-electron chi connectivity index (χ1n) is 4.75. The molecule has 0 aliphatic rings. The third-order valence-electron chi connectivity index (χ3n) is 1.83. The van der Waals surface area contributed by atoms with Crippen molar-refractivity contribution in [1.29, 1.82) is 0 Å². The van der Waals surface area contributed by atoms with Gasteiger partial charge in [0.2, 0.25) is 10.0 Å². The van der Waals surface area contributed by atoms with Crippen LogP contribution >= 0.6 is 11.8 Å². The zero-order valence-electron chi connectivity index (χ0n) is 9.69. The number of hydrogen-bond acceptors (Lipinski definition) is 5. The number of thioether (sulfide) groups is 1. The van der Waals surface area contributed by atoms with E-state index in [1.54, 1.807) is 0 Å². The molecular formula is C8H7F5LiNO4S3. The van der Waals surface area contributed by atoms with Crippen LogP contribution < -0.4 is 4.13 Å². The van der Waals surface area contributed by atoms with Crippen LogP contribution in [-0.4, -0.2) is 46.3 Å². The van der Waals surface area contributed by atoms with E-state index in [-0.39, 0.29) is 30.6 Å². The molecule has 0 bridgehead atoms. The van der Waals surface area contributed by atoms with Crippen LogP contribution in [0.25, 0.3) is 0 Å². The molecule has 0 saturated heterocycles. The Morgan fingerprint density at radius 2 is 1.64 bits per heavy atom. The second kappa shape index (κ2) is 7.50. The number of alkyl halides is 3. The molecule has 14 heteroatoms. The van der Waals surface area contributed by atoms with E-state index >= 15 is 0 Å². The van der Waals surface area contributed by atoms with Gasteiger partial charge in [-0.05, 0) is 12.1 Å². The first kappa shape index (κ1) is 21.7. The Balaban J connectivity index is 0.00000441. The molecular weight excluding hydrogens is 372 g/mol. The number of halogens is 5. The van der Waals surface area contributed by atoms with Crippen molar-refractivity contribution in [1.82, 2.24) is 4.13 Å². The van der Waals surface area contributed by atoms with Gasteiger partial charge in [-0.1, -0.05) is 6.07 Å². The van der Waals surface area contributed by atoms with Crippen molar-refractivity contribution in [2.75, 3.05) is 5.08 Å². The van der Waals surface area contributed by atoms with Crippen molar-refractivity contribution < 1.29 is 38.8 Å². The third-order valence-corrected chi connectivity index (χ3v) is 6.67. The molecule has 1 rings (SSSR count). The van der Waals surface area contributed by atoms with Gasteiger partial charge in [0.25, 0.3) is 0 Å². The van der Waals surface area contributed by atoms with Crippen molar-refractivity contribution in [3.05, 3.63) is 29.8 Å². The molecule has 1 aromatic carbocycles. The number of benzene rings is 1. The molecule has 0 atom stereocenters. The van der Waals surface area contributed by atoms with Gasteiger partial charge in [0.15, 0.2) is 11.6 Å². The first-order chi connectivity index (χ1) is 9.36. The fourth-order valence-corrected chi connectivity index (χ4v) is 4.84. The molecule has 5 nitrogen and oxygen atoms in total. The van der Waals surface area contributed by atoms with Gasteiger partial charge in [-0.3, -0.25) is 0 Å². The molecule has 122 valence electrons. The van der Waals surface area contributed by atoms with Crippen molar-refractivity contribution in [2.24, 2.45) is 0 Å². The Labute approximate surface area is 138 Å². The Morgan fingerprint density at radius 1 is 1.09 bits per heavy atom. The van der Waals surface area contributed by atoms with Gasteiger partial charge in [0, 0.05) is 4.90 Å². The first-order valence-corrected chi connectivity index (χ1v) is 8.87. The van der Waals surface area contributed by atoms with Crippen LogP contribution in [0.3, 0.4) is 0 Å². The summed E-state index contributed by atoms with van der Waals surface area (Å²) < 4.78 is 106. The Kier molecular flexibility index (Phi) is 7.39. The van der Waals surface area contributed by atoms with Gasteiger partial charge in [-0.2, -0.15) is 13.2 Å². The van der Waals surface area contributed by atoms with Gasteiger partial charge in [0.1, 0.15) is 5.08 Å². The van der Waals surface area contributed by atoms with Crippen molar-refractivity contribution in [3.8, 4) is 0 Å². The zero-order chi connectivity index (χ0) is 16.5. The number of sulfonamides is 2. The van der Waals surface area contributed by atoms with Crippen molar-refractivity contribution in [2.45, 2.75) is 10.4 Å². The maximum absolute atomic E-state index is 13.2. The molecule has 1 N–H and O–H groups in total. The van der Waals surface area contributed by atoms with Crippen LogP contribution in [0.4, 0.5) is 22.0 Å². The standard InChI is InChI=1S/C8H6F5NO4S3.Li.H/c9-5-2-1-3-6(7(5)10)19-4-20(15,16)14-21(17,18)8(11,12)13;;/h1-3,14H,4H2;;. The van der Waals surface area contributed by atoms with Crippen LogP contribution in [0.2, 0.25) is 0 Å². The van der Waals surface area contributed by atoms with Gasteiger partial charge in [-0.15, -0.1) is 15.9 Å². The number of rotatable bonds is 5. The molecule has 0 aromatic heterocycles. The van der Waals surface area contributed by atoms with Crippen LogP contribution in [0.15, 0.2) is 23.1 Å². The van der Waals surface area contributed by atoms with E-state index in [2.05, 4.69) is 0 Å². The van der Waals surface area contributed by atoms with Crippen LogP contribution in [0.5, 0.6) is 0 Å². The summed E-state index contributed by atoms with van der Waals surface area (Å²) in [4.78, 5) is -0.496. The molecule has 22 heavy (non-hydrogen) atoms. The van der Waals surface area contributed by atoms with Crippen molar-refractivity contribution in [3.63, 3.8) is 0 Å². The maximum atomic E-state index is 13.2. The molecule has 0 spiro atoms. The molecule has 0 saturated carbocycles. The summed E-state index contributed by atoms with van der Waals surface area (Å²) in [6.45, 7) is 0. The van der Waals surface area contributed by atoms with Gasteiger partial charge in [0.05, 0.1) is 0 Å². The fourth-order valence-electron chi connectivity index (χ4n) is 0.975. The van der Waals surface area contributed by atoms with E-state index in [1.165, 1.54) is 0 Å². The molecule has 0 fully saturated rings. The van der Waals surface area contributed by atoms with E-state index in [0.29, 0.717) is 4.13 Å². The SMILES string of the molecule is O=S(=O)(CSc1cccc(F)c1F)NS(=O)(=O)C(F)(F)F.[LiH]. The monoisotopic (exact) mass is 379 g/mol. The molecule has 1 aromatic rings. The van der Waals surface area contributed by atoms with E-state index < -0.39 is 47.2 Å². The zero-order valence-corrected chi connectivity index (χ0v) is 12.1. The minimum atomic E-state index is -6.10. The molecule has 0 unspecified atom stereocenters. The Morgan fingerprint density at radius 3 is 2.14 bits per heavy atom. The van der Waals surface area contributed by atoms with E-state index in [9.17, 15) is 38.8 Å². The Bertz CT molecular complexity index is 735. The quantitative estimate of drug-likeness (QED) is 0.472. The Hall–Kier alpha value is -0.323. The van der Waals surface area contributed by atoms with E-state index in [1.807, 2.05) is 0 Å². The molecule has 0 amide bonds. The van der Waals surface area contributed by atoms with Gasteiger partial charge >= 0.3 is 34.4 Å². The number of hydrogen-bond donors (Lipinski definition) is 1. The van der Waals surface area contributed by atoms with Crippen LogP contribution in [0, 0.1) is 11.6 Å². The summed E-state index contributed by atoms with van der Waals surface area (Å²) >= 11 is 0.122. The van der Waals surface area contributed by atoms with Crippen LogP contribution in [-0.2, 0) is 20.0 Å². The summed E-state index contributed by atoms with van der Waals surface area (Å²) in [6.07, 6.45) is 0.